The predicted molar refractivity (Wildman–Crippen MR) is 44.8 cm³/mol. The van der Waals surface area contributed by atoms with Crippen LogP contribution in [0.4, 0.5) is 0 Å². The van der Waals surface area contributed by atoms with Gasteiger partial charge in [0.05, 0.1) is 0 Å². The Labute approximate surface area is 68.1 Å². The fraction of sp³-hybridized carbons (Fsp3) is 0.500. The van der Waals surface area contributed by atoms with E-state index in [1.54, 1.807) is 0 Å². The summed E-state index contributed by atoms with van der Waals surface area (Å²) in [5.41, 5.74) is 0. The number of rotatable bonds is 5. The second-order valence-corrected chi connectivity index (χ2v) is 4.68. The summed E-state index contributed by atoms with van der Waals surface area (Å²) in [4.78, 5) is 0. The molecule has 0 aliphatic carbocycles. The molecule has 0 aromatic rings. The second kappa shape index (κ2) is 8.27. The van der Waals surface area contributed by atoms with Gasteiger partial charge >= 0.3 is 68.0 Å². The summed E-state index contributed by atoms with van der Waals surface area (Å²) in [6, 6.07) is 0. The summed E-state index contributed by atoms with van der Waals surface area (Å²) in [6.45, 7) is 5.85. The van der Waals surface area contributed by atoms with Crippen LogP contribution in [0, 0.1) is 0 Å². The number of unbranched alkanes of at least 4 members (excludes halogenated alkanes) is 1. The first-order valence-electron chi connectivity index (χ1n) is 3.31. The summed E-state index contributed by atoms with van der Waals surface area (Å²) in [6.07, 6.45) is 6.67. The van der Waals surface area contributed by atoms with Crippen molar-refractivity contribution in [3.05, 3.63) is 22.9 Å². The Morgan fingerprint density at radius 1 is 1.56 bits per heavy atom. The van der Waals surface area contributed by atoms with E-state index < -0.39 is 0 Å². The average molecular weight is 238 g/mol. The van der Waals surface area contributed by atoms with E-state index in [2.05, 4.69) is 23.7 Å². The molecule has 0 heterocycles. The van der Waals surface area contributed by atoms with Gasteiger partial charge in [0, 0.05) is 0 Å². The molecule has 0 aliphatic rings. The summed E-state index contributed by atoms with van der Waals surface area (Å²) < 4.78 is 3.75. The van der Waals surface area contributed by atoms with Gasteiger partial charge in [0.1, 0.15) is 0 Å². The standard InChI is InChI=1S/C8H14Te/c1-3-5-7-9-8-6-4-2/h3,5,7H,1,4,6,8H2,2H3/b7-5-. The van der Waals surface area contributed by atoms with Gasteiger partial charge < -0.3 is 0 Å². The maximum absolute atomic E-state index is 3.61. The first-order valence-corrected chi connectivity index (χ1v) is 6.30. The zero-order valence-electron chi connectivity index (χ0n) is 5.97. The van der Waals surface area contributed by atoms with Crippen LogP contribution in [-0.4, -0.2) is 20.9 Å². The van der Waals surface area contributed by atoms with Gasteiger partial charge in [0.2, 0.25) is 0 Å². The summed E-state index contributed by atoms with van der Waals surface area (Å²) in [5, 5.41) is 0. The van der Waals surface area contributed by atoms with Crippen molar-refractivity contribution in [1.29, 1.82) is 0 Å². The predicted octanol–water partition coefficient (Wildman–Crippen LogP) is 2.61. The van der Waals surface area contributed by atoms with Crippen LogP contribution < -0.4 is 0 Å². The van der Waals surface area contributed by atoms with Crippen molar-refractivity contribution in [3.8, 4) is 0 Å². The van der Waals surface area contributed by atoms with E-state index in [1.165, 1.54) is 17.3 Å². The Morgan fingerprint density at radius 3 is 2.89 bits per heavy atom. The van der Waals surface area contributed by atoms with Crippen molar-refractivity contribution < 1.29 is 0 Å². The van der Waals surface area contributed by atoms with Gasteiger partial charge in [-0.3, -0.25) is 0 Å². The Bertz CT molecular complexity index is 84.6. The molecule has 52 valence electrons. The van der Waals surface area contributed by atoms with Gasteiger partial charge in [-0.25, -0.2) is 0 Å². The minimum atomic E-state index is 0.206. The molecule has 0 radical (unpaired) electrons. The van der Waals surface area contributed by atoms with E-state index in [-0.39, 0.29) is 20.9 Å². The Hall–Kier alpha value is 0.270. The van der Waals surface area contributed by atoms with Crippen LogP contribution >= 0.6 is 0 Å². The van der Waals surface area contributed by atoms with E-state index in [0.29, 0.717) is 0 Å². The molecule has 0 N–H and O–H groups in total. The molecule has 9 heavy (non-hydrogen) atoms. The van der Waals surface area contributed by atoms with Gasteiger partial charge in [-0.05, 0) is 0 Å². The van der Waals surface area contributed by atoms with Crippen LogP contribution in [0.1, 0.15) is 19.8 Å². The van der Waals surface area contributed by atoms with E-state index in [1.807, 2.05) is 6.08 Å². The normalized spacial score (nSPS) is 10.3. The number of hydrogen-bond donors (Lipinski definition) is 0. The molecule has 0 fully saturated rings. The summed E-state index contributed by atoms with van der Waals surface area (Å²) in [5.74, 6) is 0. The van der Waals surface area contributed by atoms with Crippen LogP contribution in [0.15, 0.2) is 22.9 Å². The van der Waals surface area contributed by atoms with Crippen LogP contribution in [-0.2, 0) is 0 Å². The molecule has 0 aliphatic heterocycles. The Morgan fingerprint density at radius 2 is 2.33 bits per heavy atom. The summed E-state index contributed by atoms with van der Waals surface area (Å²) >= 11 is 0.206. The molecule has 0 saturated heterocycles. The van der Waals surface area contributed by atoms with Crippen molar-refractivity contribution in [3.63, 3.8) is 0 Å². The third kappa shape index (κ3) is 8.27. The fourth-order valence-electron chi connectivity index (χ4n) is 0.407. The Kier molecular flexibility index (Phi) is 8.52. The first kappa shape index (κ1) is 9.27. The van der Waals surface area contributed by atoms with E-state index in [4.69, 9.17) is 0 Å². The van der Waals surface area contributed by atoms with Gasteiger partial charge in [-0.2, -0.15) is 0 Å². The number of hydrogen-bond acceptors (Lipinski definition) is 0. The van der Waals surface area contributed by atoms with Gasteiger partial charge in [-0.15, -0.1) is 0 Å². The maximum atomic E-state index is 3.61. The number of allylic oxidation sites excluding steroid dienone is 2. The van der Waals surface area contributed by atoms with Gasteiger partial charge in [0.15, 0.2) is 0 Å². The second-order valence-electron chi connectivity index (χ2n) is 1.79. The Balaban J connectivity index is 2.90. The van der Waals surface area contributed by atoms with E-state index in [9.17, 15) is 0 Å². The van der Waals surface area contributed by atoms with E-state index in [0.717, 1.165) is 0 Å². The molecule has 0 rings (SSSR count). The molecular formula is C8H14Te. The van der Waals surface area contributed by atoms with Crippen LogP contribution in [0.3, 0.4) is 0 Å². The first-order chi connectivity index (χ1) is 4.41. The third-order valence-electron chi connectivity index (χ3n) is 0.927. The van der Waals surface area contributed by atoms with Crippen molar-refractivity contribution in [2.75, 3.05) is 0 Å². The zero-order valence-corrected chi connectivity index (χ0v) is 8.30. The molecule has 0 aromatic carbocycles. The molecule has 1 heteroatoms. The topological polar surface area (TPSA) is 0 Å². The molecule has 0 atom stereocenters. The molecule has 0 unspecified atom stereocenters. The molecule has 0 spiro atoms. The average Bonchev–Trinajstić information content (AvgIpc) is 1.89. The SMILES string of the molecule is C=C/C=C\[Te]CCCC. The molecule has 0 amide bonds. The third-order valence-corrected chi connectivity index (χ3v) is 3.42. The minimum absolute atomic E-state index is 0.206. The van der Waals surface area contributed by atoms with Gasteiger partial charge in [-0.1, -0.05) is 0 Å². The van der Waals surface area contributed by atoms with Crippen LogP contribution in [0.5, 0.6) is 0 Å². The van der Waals surface area contributed by atoms with Crippen molar-refractivity contribution in [2.45, 2.75) is 24.2 Å². The molecule has 0 saturated carbocycles. The van der Waals surface area contributed by atoms with Crippen molar-refractivity contribution in [2.24, 2.45) is 0 Å². The van der Waals surface area contributed by atoms with Crippen LogP contribution in [0.25, 0.3) is 0 Å². The summed E-state index contributed by atoms with van der Waals surface area (Å²) in [7, 11) is 0. The fourth-order valence-corrected chi connectivity index (χ4v) is 2.73. The van der Waals surface area contributed by atoms with Crippen molar-refractivity contribution >= 4 is 20.9 Å². The van der Waals surface area contributed by atoms with Crippen LogP contribution in [0.2, 0.25) is 4.47 Å². The van der Waals surface area contributed by atoms with Crippen molar-refractivity contribution in [1.82, 2.24) is 0 Å². The molecular weight excluding hydrogens is 224 g/mol. The van der Waals surface area contributed by atoms with Gasteiger partial charge in [0.25, 0.3) is 0 Å². The zero-order chi connectivity index (χ0) is 6.95. The molecule has 0 bridgehead atoms. The van der Waals surface area contributed by atoms with E-state index >= 15 is 0 Å². The monoisotopic (exact) mass is 240 g/mol. The quantitative estimate of drug-likeness (QED) is 0.392. The molecule has 0 nitrogen and oxygen atoms in total. The molecule has 0 aromatic heterocycles.